The third-order valence-corrected chi connectivity index (χ3v) is 3.43. The van der Waals surface area contributed by atoms with Gasteiger partial charge in [0.1, 0.15) is 5.52 Å². The molecule has 4 nitrogen and oxygen atoms in total. The lowest BCUT2D eigenvalue weighted by atomic mass is 9.99. The van der Waals surface area contributed by atoms with Gasteiger partial charge in [-0.15, -0.1) is 0 Å². The van der Waals surface area contributed by atoms with Gasteiger partial charge in [-0.05, 0) is 17.7 Å². The molecule has 1 heterocycles. The highest BCUT2D eigenvalue weighted by atomic mass is 19.4. The molecule has 0 spiro atoms. The lowest BCUT2D eigenvalue weighted by Gasteiger charge is -2.12. The summed E-state index contributed by atoms with van der Waals surface area (Å²) in [5.74, 6) is 0. The molecule has 0 atom stereocenters. The largest absolute Gasteiger partial charge is 0.417 e. The third kappa shape index (κ3) is 2.73. The number of alkyl halides is 3. The SMILES string of the molecule is O=[N+]([O-])c1cccc2cc(-c3ccccc3C(F)(F)F)cnc12. The molecule has 0 aliphatic carbocycles. The average Bonchev–Trinajstić information content (AvgIpc) is 2.53. The Bertz CT molecular complexity index is 907. The maximum absolute atomic E-state index is 13.1. The fraction of sp³-hybridized carbons (Fsp3) is 0.0625. The lowest BCUT2D eigenvalue weighted by molar-refractivity contribution is -0.383. The van der Waals surface area contributed by atoms with Crippen molar-refractivity contribution >= 4 is 16.6 Å². The van der Waals surface area contributed by atoms with E-state index >= 15 is 0 Å². The van der Waals surface area contributed by atoms with Gasteiger partial charge in [-0.2, -0.15) is 13.2 Å². The van der Waals surface area contributed by atoms with E-state index in [9.17, 15) is 23.3 Å². The second-order valence-electron chi connectivity index (χ2n) is 4.87. The lowest BCUT2D eigenvalue weighted by Crippen LogP contribution is -2.06. The van der Waals surface area contributed by atoms with Gasteiger partial charge in [0.2, 0.25) is 0 Å². The first-order valence-corrected chi connectivity index (χ1v) is 6.57. The van der Waals surface area contributed by atoms with Crippen LogP contribution in [0.5, 0.6) is 0 Å². The number of hydrogen-bond donors (Lipinski definition) is 0. The van der Waals surface area contributed by atoms with Gasteiger partial charge in [0, 0.05) is 23.2 Å². The number of nitrogens with zero attached hydrogens (tertiary/aromatic N) is 2. The Morgan fingerprint density at radius 3 is 2.48 bits per heavy atom. The van der Waals surface area contributed by atoms with Crippen LogP contribution in [0.4, 0.5) is 18.9 Å². The summed E-state index contributed by atoms with van der Waals surface area (Å²) in [6.07, 6.45) is -3.27. The molecule has 0 saturated carbocycles. The topological polar surface area (TPSA) is 56.0 Å². The Balaban J connectivity index is 2.22. The molecule has 0 amide bonds. The summed E-state index contributed by atoms with van der Waals surface area (Å²) in [5.41, 5.74) is -0.567. The second-order valence-corrected chi connectivity index (χ2v) is 4.87. The van der Waals surface area contributed by atoms with E-state index in [-0.39, 0.29) is 22.3 Å². The van der Waals surface area contributed by atoms with Crippen LogP contribution in [0.15, 0.2) is 54.7 Å². The minimum Gasteiger partial charge on any atom is -0.258 e. The van der Waals surface area contributed by atoms with Crippen LogP contribution >= 0.6 is 0 Å². The first-order valence-electron chi connectivity index (χ1n) is 6.57. The average molecular weight is 318 g/mol. The van der Waals surface area contributed by atoms with E-state index in [0.29, 0.717) is 5.39 Å². The number of aromatic nitrogens is 1. The van der Waals surface area contributed by atoms with Crippen LogP contribution < -0.4 is 0 Å². The zero-order chi connectivity index (χ0) is 16.6. The number of non-ortho nitro benzene ring substituents is 1. The van der Waals surface area contributed by atoms with Crippen LogP contribution in [0.1, 0.15) is 5.56 Å². The first-order chi connectivity index (χ1) is 10.9. The molecule has 0 unspecified atom stereocenters. The maximum atomic E-state index is 13.1. The molecule has 3 aromatic rings. The van der Waals surface area contributed by atoms with Gasteiger partial charge in [0.25, 0.3) is 5.69 Å². The summed E-state index contributed by atoms with van der Waals surface area (Å²) in [6.45, 7) is 0. The standard InChI is InChI=1S/C16H9F3N2O2/c17-16(18,19)13-6-2-1-5-12(13)11-8-10-4-3-7-14(21(22)23)15(10)20-9-11/h1-9H. The fourth-order valence-electron chi connectivity index (χ4n) is 2.42. The number of fused-ring (bicyclic) bond motifs is 1. The van der Waals surface area contributed by atoms with E-state index in [1.165, 1.54) is 42.6 Å². The number of benzene rings is 2. The van der Waals surface area contributed by atoms with Crippen LogP contribution in [0, 0.1) is 10.1 Å². The molecule has 0 aliphatic heterocycles. The Kier molecular flexibility index (Phi) is 3.48. The van der Waals surface area contributed by atoms with Crippen molar-refractivity contribution in [2.75, 3.05) is 0 Å². The summed E-state index contributed by atoms with van der Waals surface area (Å²) in [5, 5.41) is 11.4. The smallest absolute Gasteiger partial charge is 0.258 e. The van der Waals surface area contributed by atoms with Crippen LogP contribution in [0.3, 0.4) is 0 Å². The van der Waals surface area contributed by atoms with E-state index in [0.717, 1.165) is 6.07 Å². The number of rotatable bonds is 2. The van der Waals surface area contributed by atoms with Crippen molar-refractivity contribution < 1.29 is 18.1 Å². The normalized spacial score (nSPS) is 11.6. The third-order valence-electron chi connectivity index (χ3n) is 3.43. The number of nitro groups is 1. The van der Waals surface area contributed by atoms with Gasteiger partial charge in [0.15, 0.2) is 0 Å². The number of nitro benzene ring substituents is 1. The van der Waals surface area contributed by atoms with Gasteiger partial charge in [-0.1, -0.05) is 30.3 Å². The molecule has 2 aromatic carbocycles. The highest BCUT2D eigenvalue weighted by Crippen LogP contribution is 2.37. The van der Waals surface area contributed by atoms with Crippen LogP contribution in [-0.4, -0.2) is 9.91 Å². The fourth-order valence-corrected chi connectivity index (χ4v) is 2.42. The molecule has 0 fully saturated rings. The van der Waals surface area contributed by atoms with E-state index in [2.05, 4.69) is 4.98 Å². The van der Waals surface area contributed by atoms with E-state index < -0.39 is 16.7 Å². The first kappa shape index (κ1) is 15.0. The van der Waals surface area contributed by atoms with Crippen molar-refractivity contribution in [1.82, 2.24) is 4.98 Å². The predicted octanol–water partition coefficient (Wildman–Crippen LogP) is 4.83. The van der Waals surface area contributed by atoms with E-state index in [1.54, 1.807) is 6.07 Å². The Morgan fingerprint density at radius 2 is 1.78 bits per heavy atom. The molecule has 0 bridgehead atoms. The Hall–Kier alpha value is -2.96. The summed E-state index contributed by atoms with van der Waals surface area (Å²) in [6, 6.07) is 11.0. The van der Waals surface area contributed by atoms with Crippen molar-refractivity contribution in [3.63, 3.8) is 0 Å². The minimum atomic E-state index is -4.49. The highest BCUT2D eigenvalue weighted by molar-refractivity contribution is 5.90. The zero-order valence-corrected chi connectivity index (χ0v) is 11.5. The molecule has 7 heteroatoms. The van der Waals surface area contributed by atoms with Crippen LogP contribution in [-0.2, 0) is 6.18 Å². The molecule has 3 rings (SSSR count). The molecule has 0 N–H and O–H groups in total. The maximum Gasteiger partial charge on any atom is 0.417 e. The summed E-state index contributed by atoms with van der Waals surface area (Å²) >= 11 is 0. The summed E-state index contributed by atoms with van der Waals surface area (Å²) in [7, 11) is 0. The van der Waals surface area contributed by atoms with Gasteiger partial charge in [-0.25, -0.2) is 4.98 Å². The monoisotopic (exact) mass is 318 g/mol. The van der Waals surface area contributed by atoms with Gasteiger partial charge < -0.3 is 0 Å². The number of hydrogen-bond acceptors (Lipinski definition) is 3. The number of halogens is 3. The molecule has 0 radical (unpaired) electrons. The van der Waals surface area contributed by atoms with Crippen molar-refractivity contribution in [2.24, 2.45) is 0 Å². The summed E-state index contributed by atoms with van der Waals surface area (Å²) < 4.78 is 39.3. The molecular formula is C16H9F3N2O2. The van der Waals surface area contributed by atoms with Crippen molar-refractivity contribution in [3.8, 4) is 11.1 Å². The molecule has 116 valence electrons. The van der Waals surface area contributed by atoms with Crippen molar-refractivity contribution in [1.29, 1.82) is 0 Å². The number of pyridine rings is 1. The molecule has 23 heavy (non-hydrogen) atoms. The molecule has 0 aliphatic rings. The van der Waals surface area contributed by atoms with Crippen LogP contribution in [0.2, 0.25) is 0 Å². The zero-order valence-electron chi connectivity index (χ0n) is 11.5. The molecule has 1 aromatic heterocycles. The van der Waals surface area contributed by atoms with Gasteiger partial charge in [-0.3, -0.25) is 10.1 Å². The quantitative estimate of drug-likeness (QED) is 0.502. The predicted molar refractivity (Wildman–Crippen MR) is 78.8 cm³/mol. The van der Waals surface area contributed by atoms with E-state index in [1.807, 2.05) is 0 Å². The highest BCUT2D eigenvalue weighted by Gasteiger charge is 2.33. The molecule has 0 saturated heterocycles. The molecular weight excluding hydrogens is 309 g/mol. The Labute approximate surface area is 128 Å². The minimum absolute atomic E-state index is 0.0130. The van der Waals surface area contributed by atoms with E-state index in [4.69, 9.17) is 0 Å². The van der Waals surface area contributed by atoms with Crippen molar-refractivity contribution in [2.45, 2.75) is 6.18 Å². The Morgan fingerprint density at radius 1 is 1.04 bits per heavy atom. The van der Waals surface area contributed by atoms with Gasteiger partial charge >= 0.3 is 6.18 Å². The second kappa shape index (κ2) is 5.35. The summed E-state index contributed by atoms with van der Waals surface area (Å²) in [4.78, 5) is 14.4. The van der Waals surface area contributed by atoms with Crippen molar-refractivity contribution in [3.05, 3.63) is 70.4 Å². The van der Waals surface area contributed by atoms with Gasteiger partial charge in [0.05, 0.1) is 10.5 Å². The van der Waals surface area contributed by atoms with Crippen LogP contribution in [0.25, 0.3) is 22.0 Å². The number of para-hydroxylation sites is 1.